The first kappa shape index (κ1) is 11.6. The van der Waals surface area contributed by atoms with E-state index in [9.17, 15) is 4.39 Å². The minimum atomic E-state index is -0.382. The predicted molar refractivity (Wildman–Crippen MR) is 60.2 cm³/mol. The number of nitrogens with zero attached hydrogens (tertiary/aromatic N) is 2. The van der Waals surface area contributed by atoms with E-state index < -0.39 is 0 Å². The average Bonchev–Trinajstić information content (AvgIpc) is 2.79. The lowest BCUT2D eigenvalue weighted by Crippen LogP contribution is -2.06. The van der Waals surface area contributed by atoms with Gasteiger partial charge in [-0.3, -0.25) is 0 Å². The SMILES string of the molecule is COc1cccc(Cn2ccnc2CO)c1F. The number of benzene rings is 1. The van der Waals surface area contributed by atoms with Gasteiger partial charge in [0.1, 0.15) is 12.4 Å². The van der Waals surface area contributed by atoms with Crippen LogP contribution in [0.1, 0.15) is 11.4 Å². The normalized spacial score (nSPS) is 10.5. The van der Waals surface area contributed by atoms with Crippen LogP contribution in [0.3, 0.4) is 0 Å². The van der Waals surface area contributed by atoms with Crippen LogP contribution >= 0.6 is 0 Å². The van der Waals surface area contributed by atoms with Gasteiger partial charge in [-0.05, 0) is 6.07 Å². The Balaban J connectivity index is 2.30. The summed E-state index contributed by atoms with van der Waals surface area (Å²) >= 11 is 0. The zero-order valence-electron chi connectivity index (χ0n) is 9.43. The van der Waals surface area contributed by atoms with E-state index in [1.807, 2.05) is 0 Å². The van der Waals surface area contributed by atoms with Gasteiger partial charge < -0.3 is 14.4 Å². The maximum Gasteiger partial charge on any atom is 0.170 e. The molecule has 0 spiro atoms. The summed E-state index contributed by atoms with van der Waals surface area (Å²) < 4.78 is 20.5. The van der Waals surface area contributed by atoms with Crippen LogP contribution in [0.2, 0.25) is 0 Å². The second kappa shape index (κ2) is 4.97. The third-order valence-corrected chi connectivity index (χ3v) is 2.55. The van der Waals surface area contributed by atoms with E-state index in [4.69, 9.17) is 9.84 Å². The Morgan fingerprint density at radius 3 is 3.00 bits per heavy atom. The van der Waals surface area contributed by atoms with Crippen LogP contribution in [-0.2, 0) is 13.2 Å². The Hall–Kier alpha value is -1.88. The summed E-state index contributed by atoms with van der Waals surface area (Å²) in [4.78, 5) is 3.96. The van der Waals surface area contributed by atoms with E-state index in [2.05, 4.69) is 4.98 Å². The lowest BCUT2D eigenvalue weighted by molar-refractivity contribution is 0.266. The molecule has 0 aliphatic rings. The Morgan fingerprint density at radius 2 is 2.29 bits per heavy atom. The molecule has 4 nitrogen and oxygen atoms in total. The number of hydrogen-bond acceptors (Lipinski definition) is 3. The van der Waals surface area contributed by atoms with E-state index >= 15 is 0 Å². The number of halogens is 1. The molecule has 0 radical (unpaired) electrons. The van der Waals surface area contributed by atoms with Gasteiger partial charge in [-0.1, -0.05) is 12.1 Å². The monoisotopic (exact) mass is 236 g/mol. The summed E-state index contributed by atoms with van der Waals surface area (Å²) in [5, 5.41) is 9.05. The number of aromatic nitrogens is 2. The highest BCUT2D eigenvalue weighted by molar-refractivity contribution is 5.31. The standard InChI is InChI=1S/C12H13FN2O2/c1-17-10-4-2-3-9(12(10)13)7-15-6-5-14-11(15)8-16/h2-6,16H,7-8H2,1H3. The summed E-state index contributed by atoms with van der Waals surface area (Å²) in [5.74, 6) is 0.341. The quantitative estimate of drug-likeness (QED) is 0.876. The molecular weight excluding hydrogens is 223 g/mol. The zero-order chi connectivity index (χ0) is 12.3. The first-order valence-electron chi connectivity index (χ1n) is 5.18. The highest BCUT2D eigenvalue weighted by atomic mass is 19.1. The van der Waals surface area contributed by atoms with Gasteiger partial charge >= 0.3 is 0 Å². The third-order valence-electron chi connectivity index (χ3n) is 2.55. The van der Waals surface area contributed by atoms with Crippen molar-refractivity contribution < 1.29 is 14.2 Å². The molecule has 0 saturated carbocycles. The van der Waals surface area contributed by atoms with E-state index in [1.165, 1.54) is 7.11 Å². The first-order valence-corrected chi connectivity index (χ1v) is 5.18. The summed E-state index contributed by atoms with van der Waals surface area (Å²) in [6, 6.07) is 4.98. The maximum absolute atomic E-state index is 13.9. The van der Waals surface area contributed by atoms with Gasteiger partial charge in [-0.15, -0.1) is 0 Å². The third kappa shape index (κ3) is 2.29. The fraction of sp³-hybridized carbons (Fsp3) is 0.250. The zero-order valence-corrected chi connectivity index (χ0v) is 9.43. The molecule has 0 saturated heterocycles. The van der Waals surface area contributed by atoms with Crippen molar-refractivity contribution in [2.45, 2.75) is 13.2 Å². The Bertz CT molecular complexity index is 511. The van der Waals surface area contributed by atoms with E-state index in [0.29, 0.717) is 17.9 Å². The van der Waals surface area contributed by atoms with Gasteiger partial charge in [0.05, 0.1) is 13.7 Å². The smallest absolute Gasteiger partial charge is 0.170 e. The summed E-state index contributed by atoms with van der Waals surface area (Å²) in [5.41, 5.74) is 0.497. The van der Waals surface area contributed by atoms with Crippen LogP contribution in [0.5, 0.6) is 5.75 Å². The fourth-order valence-corrected chi connectivity index (χ4v) is 1.66. The van der Waals surface area contributed by atoms with Crippen LogP contribution in [0.15, 0.2) is 30.6 Å². The van der Waals surface area contributed by atoms with Crippen molar-refractivity contribution in [3.63, 3.8) is 0 Å². The highest BCUT2D eigenvalue weighted by Gasteiger charge is 2.10. The molecule has 1 heterocycles. The Morgan fingerprint density at radius 1 is 1.47 bits per heavy atom. The Kier molecular flexibility index (Phi) is 3.39. The lowest BCUT2D eigenvalue weighted by Gasteiger charge is -2.09. The van der Waals surface area contributed by atoms with Crippen LogP contribution < -0.4 is 4.74 Å². The molecule has 0 unspecified atom stereocenters. The number of ether oxygens (including phenoxy) is 1. The predicted octanol–water partition coefficient (Wildman–Crippen LogP) is 1.57. The first-order chi connectivity index (χ1) is 8.26. The molecule has 0 aliphatic heterocycles. The van der Waals surface area contributed by atoms with Crippen molar-refractivity contribution in [1.82, 2.24) is 9.55 Å². The molecule has 0 amide bonds. The topological polar surface area (TPSA) is 47.3 Å². The minimum absolute atomic E-state index is 0.168. The van der Waals surface area contributed by atoms with Crippen LogP contribution in [0.25, 0.3) is 0 Å². The number of methoxy groups -OCH3 is 1. The van der Waals surface area contributed by atoms with Gasteiger partial charge in [0, 0.05) is 18.0 Å². The van der Waals surface area contributed by atoms with Crippen molar-refractivity contribution in [1.29, 1.82) is 0 Å². The number of imidazole rings is 1. The van der Waals surface area contributed by atoms with Gasteiger partial charge in [0.2, 0.25) is 0 Å². The van der Waals surface area contributed by atoms with Crippen molar-refractivity contribution in [2.75, 3.05) is 7.11 Å². The molecule has 5 heteroatoms. The fourth-order valence-electron chi connectivity index (χ4n) is 1.66. The van der Waals surface area contributed by atoms with Crippen molar-refractivity contribution in [2.24, 2.45) is 0 Å². The molecule has 17 heavy (non-hydrogen) atoms. The number of aliphatic hydroxyl groups is 1. The molecule has 0 bridgehead atoms. The molecule has 1 N–H and O–H groups in total. The van der Waals surface area contributed by atoms with E-state index in [-0.39, 0.29) is 18.2 Å². The maximum atomic E-state index is 13.9. The van der Waals surface area contributed by atoms with Crippen molar-refractivity contribution >= 4 is 0 Å². The van der Waals surface area contributed by atoms with Crippen LogP contribution in [-0.4, -0.2) is 21.8 Å². The molecule has 2 aromatic rings. The molecule has 90 valence electrons. The van der Waals surface area contributed by atoms with Gasteiger partial charge in [0.15, 0.2) is 11.6 Å². The van der Waals surface area contributed by atoms with Gasteiger partial charge in [-0.25, -0.2) is 9.37 Å². The largest absolute Gasteiger partial charge is 0.494 e. The molecule has 1 aromatic carbocycles. The molecule has 0 atom stereocenters. The lowest BCUT2D eigenvalue weighted by atomic mass is 10.2. The van der Waals surface area contributed by atoms with Gasteiger partial charge in [-0.2, -0.15) is 0 Å². The number of rotatable bonds is 4. The van der Waals surface area contributed by atoms with Crippen molar-refractivity contribution in [3.05, 3.63) is 47.8 Å². The number of aliphatic hydroxyl groups excluding tert-OH is 1. The van der Waals surface area contributed by atoms with Crippen LogP contribution in [0.4, 0.5) is 4.39 Å². The molecule has 1 aromatic heterocycles. The summed E-state index contributed by atoms with van der Waals surface area (Å²) in [6.45, 7) is 0.150. The molecule has 2 rings (SSSR count). The summed E-state index contributed by atoms with van der Waals surface area (Å²) in [6.07, 6.45) is 3.27. The van der Waals surface area contributed by atoms with E-state index in [0.717, 1.165) is 0 Å². The van der Waals surface area contributed by atoms with E-state index in [1.54, 1.807) is 35.2 Å². The Labute approximate surface area is 98.3 Å². The number of hydrogen-bond donors (Lipinski definition) is 1. The average molecular weight is 236 g/mol. The van der Waals surface area contributed by atoms with Crippen molar-refractivity contribution in [3.8, 4) is 5.75 Å². The minimum Gasteiger partial charge on any atom is -0.494 e. The molecule has 0 fully saturated rings. The highest BCUT2D eigenvalue weighted by Crippen LogP contribution is 2.20. The van der Waals surface area contributed by atoms with Gasteiger partial charge in [0.25, 0.3) is 0 Å². The summed E-state index contributed by atoms with van der Waals surface area (Å²) in [7, 11) is 1.43. The second-order valence-corrected chi connectivity index (χ2v) is 3.56. The molecular formula is C12H13FN2O2. The molecule has 0 aliphatic carbocycles. The second-order valence-electron chi connectivity index (χ2n) is 3.56. The van der Waals surface area contributed by atoms with Crippen LogP contribution in [0, 0.1) is 5.82 Å².